The first kappa shape index (κ1) is 19.4. The fourth-order valence-electron chi connectivity index (χ4n) is 2.75. The number of halogens is 2. The normalized spacial score (nSPS) is 11.8. The number of aryl methyl sites for hydroxylation is 1. The van der Waals surface area contributed by atoms with Crippen molar-refractivity contribution in [1.29, 1.82) is 0 Å². The maximum atomic E-state index is 13.0. The molecule has 0 unspecified atom stereocenters. The number of rotatable bonds is 6. The van der Waals surface area contributed by atoms with Gasteiger partial charge in [0.15, 0.2) is 0 Å². The maximum absolute atomic E-state index is 13.0. The molecule has 0 spiro atoms. The average molecular weight is 399 g/mol. The third-order valence-electron chi connectivity index (χ3n) is 4.29. The monoisotopic (exact) mass is 398 g/mol. The lowest BCUT2D eigenvalue weighted by atomic mass is 10.1. The van der Waals surface area contributed by atoms with E-state index >= 15 is 0 Å². The molecule has 3 nitrogen and oxygen atoms in total. The van der Waals surface area contributed by atoms with Crippen LogP contribution in [0.25, 0.3) is 0 Å². The van der Waals surface area contributed by atoms with Crippen molar-refractivity contribution in [2.75, 3.05) is 5.32 Å². The van der Waals surface area contributed by atoms with E-state index in [0.29, 0.717) is 22.3 Å². The summed E-state index contributed by atoms with van der Waals surface area (Å²) in [5.74, 6) is -0.159. The fraction of sp³-hybridized carbons (Fsp3) is 0.136. The second-order valence-electron chi connectivity index (χ2n) is 6.27. The van der Waals surface area contributed by atoms with Crippen LogP contribution in [0.5, 0.6) is 0 Å². The van der Waals surface area contributed by atoms with Crippen molar-refractivity contribution in [3.05, 3.63) is 99.5 Å². The number of anilines is 1. The molecule has 0 aromatic heterocycles. The topological polar surface area (TPSA) is 41.1 Å². The van der Waals surface area contributed by atoms with Crippen LogP contribution >= 0.6 is 23.2 Å². The zero-order valence-electron chi connectivity index (χ0n) is 14.9. The Morgan fingerprint density at radius 2 is 1.63 bits per heavy atom. The van der Waals surface area contributed by atoms with Crippen molar-refractivity contribution in [3.63, 3.8) is 0 Å². The van der Waals surface area contributed by atoms with E-state index in [0.717, 1.165) is 16.7 Å². The standard InChI is InChI=1S/C22H20Cl2N2O/c1-15-11-12-18(13-20(15)24)26-22(27)21(16-7-3-2-4-8-16)25-14-17-9-5-6-10-19(17)23/h2-13,21,25H,14H2,1H3,(H,26,27)/t21-/m0/s1. The quantitative estimate of drug-likeness (QED) is 0.552. The lowest BCUT2D eigenvalue weighted by molar-refractivity contribution is -0.118. The number of benzene rings is 3. The van der Waals surface area contributed by atoms with Crippen molar-refractivity contribution in [2.24, 2.45) is 0 Å². The van der Waals surface area contributed by atoms with Gasteiger partial charge < -0.3 is 5.32 Å². The van der Waals surface area contributed by atoms with Gasteiger partial charge in [0.2, 0.25) is 5.91 Å². The average Bonchev–Trinajstić information content (AvgIpc) is 2.67. The van der Waals surface area contributed by atoms with Gasteiger partial charge in [-0.15, -0.1) is 0 Å². The van der Waals surface area contributed by atoms with Crippen LogP contribution in [0.2, 0.25) is 10.0 Å². The third kappa shape index (κ3) is 5.10. The lowest BCUT2D eigenvalue weighted by Crippen LogP contribution is -2.32. The van der Waals surface area contributed by atoms with Crippen LogP contribution in [0.3, 0.4) is 0 Å². The summed E-state index contributed by atoms with van der Waals surface area (Å²) in [7, 11) is 0. The van der Waals surface area contributed by atoms with E-state index in [1.165, 1.54) is 0 Å². The Bertz CT molecular complexity index is 929. The van der Waals surface area contributed by atoms with Crippen molar-refractivity contribution in [2.45, 2.75) is 19.5 Å². The summed E-state index contributed by atoms with van der Waals surface area (Å²) >= 11 is 12.4. The second kappa shape index (κ2) is 9.05. The maximum Gasteiger partial charge on any atom is 0.246 e. The summed E-state index contributed by atoms with van der Waals surface area (Å²) in [5, 5.41) is 7.54. The van der Waals surface area contributed by atoms with Crippen LogP contribution in [0.15, 0.2) is 72.8 Å². The Balaban J connectivity index is 1.80. The number of carbonyl (C=O) groups is 1. The van der Waals surface area contributed by atoms with E-state index < -0.39 is 6.04 Å². The van der Waals surface area contributed by atoms with E-state index in [1.807, 2.05) is 73.7 Å². The molecule has 138 valence electrons. The minimum absolute atomic E-state index is 0.159. The van der Waals surface area contributed by atoms with Crippen LogP contribution in [-0.4, -0.2) is 5.91 Å². The van der Waals surface area contributed by atoms with Crippen molar-refractivity contribution < 1.29 is 4.79 Å². The molecule has 3 aromatic carbocycles. The van der Waals surface area contributed by atoms with Crippen molar-refractivity contribution in [1.82, 2.24) is 5.32 Å². The van der Waals surface area contributed by atoms with Gasteiger partial charge in [-0.3, -0.25) is 10.1 Å². The van der Waals surface area contributed by atoms with E-state index in [4.69, 9.17) is 23.2 Å². The first-order chi connectivity index (χ1) is 13.0. The molecular formula is C22H20Cl2N2O. The molecule has 3 rings (SSSR count). The van der Waals surface area contributed by atoms with Gasteiger partial charge in [-0.2, -0.15) is 0 Å². The van der Waals surface area contributed by atoms with Gasteiger partial charge in [0.05, 0.1) is 0 Å². The highest BCUT2D eigenvalue weighted by atomic mass is 35.5. The first-order valence-corrected chi connectivity index (χ1v) is 9.39. The molecule has 0 aliphatic rings. The second-order valence-corrected chi connectivity index (χ2v) is 7.08. The molecule has 0 saturated heterocycles. The molecule has 0 heterocycles. The smallest absolute Gasteiger partial charge is 0.246 e. The van der Waals surface area contributed by atoms with E-state index in [2.05, 4.69) is 10.6 Å². The molecular weight excluding hydrogens is 379 g/mol. The first-order valence-electron chi connectivity index (χ1n) is 8.63. The van der Waals surface area contributed by atoms with Crippen LogP contribution < -0.4 is 10.6 Å². The SMILES string of the molecule is Cc1ccc(NC(=O)[C@@H](NCc2ccccc2Cl)c2ccccc2)cc1Cl. The van der Waals surface area contributed by atoms with Gasteiger partial charge >= 0.3 is 0 Å². The van der Waals surface area contributed by atoms with Crippen LogP contribution in [-0.2, 0) is 11.3 Å². The molecule has 1 amide bonds. The van der Waals surface area contributed by atoms with E-state index in [-0.39, 0.29) is 5.91 Å². The summed E-state index contributed by atoms with van der Waals surface area (Å²) in [4.78, 5) is 13.0. The molecule has 0 saturated carbocycles. The van der Waals surface area contributed by atoms with Gasteiger partial charge in [-0.25, -0.2) is 0 Å². The molecule has 0 radical (unpaired) electrons. The summed E-state index contributed by atoms with van der Waals surface area (Å²) in [6.07, 6.45) is 0. The number of amides is 1. The summed E-state index contributed by atoms with van der Waals surface area (Å²) < 4.78 is 0. The van der Waals surface area contributed by atoms with Gasteiger partial charge in [0.25, 0.3) is 0 Å². The van der Waals surface area contributed by atoms with Crippen molar-refractivity contribution in [3.8, 4) is 0 Å². The van der Waals surface area contributed by atoms with Crippen LogP contribution in [0.4, 0.5) is 5.69 Å². The Morgan fingerprint density at radius 3 is 2.33 bits per heavy atom. The molecule has 1 atom stereocenters. The molecule has 27 heavy (non-hydrogen) atoms. The minimum atomic E-state index is -0.525. The van der Waals surface area contributed by atoms with Gasteiger partial charge in [0.1, 0.15) is 6.04 Å². The predicted molar refractivity (Wildman–Crippen MR) is 112 cm³/mol. The molecule has 0 aliphatic heterocycles. The number of nitrogens with one attached hydrogen (secondary N) is 2. The highest BCUT2D eigenvalue weighted by Crippen LogP contribution is 2.23. The molecule has 5 heteroatoms. The Morgan fingerprint density at radius 1 is 0.926 bits per heavy atom. The highest BCUT2D eigenvalue weighted by Gasteiger charge is 2.20. The zero-order chi connectivity index (χ0) is 19.2. The molecule has 0 bridgehead atoms. The number of carbonyl (C=O) groups excluding carboxylic acids is 1. The summed E-state index contributed by atoms with van der Waals surface area (Å²) in [5.41, 5.74) is 3.44. The van der Waals surface area contributed by atoms with Crippen LogP contribution in [0, 0.1) is 6.92 Å². The lowest BCUT2D eigenvalue weighted by Gasteiger charge is -2.19. The fourth-order valence-corrected chi connectivity index (χ4v) is 3.13. The number of hydrogen-bond acceptors (Lipinski definition) is 2. The third-order valence-corrected chi connectivity index (χ3v) is 5.06. The Kier molecular flexibility index (Phi) is 6.51. The van der Waals surface area contributed by atoms with E-state index in [9.17, 15) is 4.79 Å². The Labute approximate surface area is 169 Å². The van der Waals surface area contributed by atoms with Gasteiger partial charge in [-0.05, 0) is 41.8 Å². The van der Waals surface area contributed by atoms with Crippen molar-refractivity contribution >= 4 is 34.8 Å². The molecule has 0 fully saturated rings. The highest BCUT2D eigenvalue weighted by molar-refractivity contribution is 6.31. The Hall–Kier alpha value is -2.33. The van der Waals surface area contributed by atoms with E-state index in [1.54, 1.807) is 6.07 Å². The summed E-state index contributed by atoms with van der Waals surface area (Å²) in [6.45, 7) is 2.40. The zero-order valence-corrected chi connectivity index (χ0v) is 16.4. The molecule has 3 aromatic rings. The summed E-state index contributed by atoms with van der Waals surface area (Å²) in [6, 6.07) is 22.1. The minimum Gasteiger partial charge on any atom is -0.324 e. The van der Waals surface area contributed by atoms with Crippen LogP contribution in [0.1, 0.15) is 22.7 Å². The predicted octanol–water partition coefficient (Wildman–Crippen LogP) is 5.77. The molecule has 0 aliphatic carbocycles. The van der Waals surface area contributed by atoms with Gasteiger partial charge in [0, 0.05) is 22.3 Å². The largest absolute Gasteiger partial charge is 0.324 e. The van der Waals surface area contributed by atoms with Gasteiger partial charge in [-0.1, -0.05) is 77.8 Å². The number of hydrogen-bond donors (Lipinski definition) is 2. The molecule has 2 N–H and O–H groups in total.